The van der Waals surface area contributed by atoms with Crippen LogP contribution in [0.5, 0.6) is 0 Å². The van der Waals surface area contributed by atoms with E-state index in [1.165, 1.54) is 47.6 Å². The summed E-state index contributed by atoms with van der Waals surface area (Å²) in [7, 11) is 2.66. The highest BCUT2D eigenvalue weighted by Gasteiger charge is 2.50. The van der Waals surface area contributed by atoms with Crippen molar-refractivity contribution in [1.29, 1.82) is 0 Å². The number of hydrogen-bond donors (Lipinski definition) is 4. The van der Waals surface area contributed by atoms with E-state index in [2.05, 4.69) is 103 Å². The number of alkyl carbamates (subject to hydrolysis) is 2. The number of benzene rings is 4. The van der Waals surface area contributed by atoms with Crippen LogP contribution in [0.3, 0.4) is 0 Å². The lowest BCUT2D eigenvalue weighted by Gasteiger charge is -2.36. The van der Waals surface area contributed by atoms with Crippen molar-refractivity contribution >= 4 is 46.1 Å². The molecule has 14 nitrogen and oxygen atoms in total. The lowest BCUT2D eigenvalue weighted by Crippen LogP contribution is -2.53. The molecule has 6 aromatic rings. The molecule has 4 heterocycles. The maximum absolute atomic E-state index is 14.5. The molecule has 2 saturated heterocycles. The molecule has 6 aliphatic carbocycles. The van der Waals surface area contributed by atoms with Gasteiger partial charge in [0.25, 0.3) is 0 Å². The highest BCUT2D eigenvalue weighted by atomic mass is 16.5. The summed E-state index contributed by atoms with van der Waals surface area (Å²) in [5, 5.41) is 5.68. The second-order valence-electron chi connectivity index (χ2n) is 22.6. The van der Waals surface area contributed by atoms with Crippen molar-refractivity contribution in [2.75, 3.05) is 14.2 Å². The van der Waals surface area contributed by atoms with Crippen molar-refractivity contribution in [3.8, 4) is 22.3 Å². The van der Waals surface area contributed by atoms with Gasteiger partial charge in [-0.1, -0.05) is 102 Å². The van der Waals surface area contributed by atoms with Crippen LogP contribution in [0, 0.1) is 23.7 Å². The second kappa shape index (κ2) is 20.5. The average molecular weight is 1000 g/mol. The standard InChI is InChI=1S/C60H72N8O6/c1-33(2)53(65-59(71)73-5)57(69)67-49-13-9-7-11-41(49)31-51(67)55-61-45-25-23-39(29-47(45)63-55)43-27-35-15-19-37(43)21-17-36-16-20-38(22-18-35)44(28-36)40-24-26-46-48(30-40)64-56(62-46)52-32-42-12-8-10-14-50(42)68(52)58(70)54(34(3)4)66-60(72)74-6/h15-16,19-20,23-30,33-34,41-42,49-54H,7-14,17-18,21-22,31-32H2,1-6H3,(H,61,63)(H,62,64)(H,65,71)(H,66,72)/t41-,42-,49-,50-,51-,52-,53?,54?/m1/s1. The van der Waals surface area contributed by atoms with Crippen LogP contribution in [0.4, 0.5) is 9.59 Å². The molecule has 8 atom stereocenters. The Balaban J connectivity index is 0.849. The maximum atomic E-state index is 14.5. The fourth-order valence-corrected chi connectivity index (χ4v) is 13.6. The van der Waals surface area contributed by atoms with Crippen molar-refractivity contribution in [1.82, 2.24) is 40.4 Å². The molecule has 4 aromatic carbocycles. The molecule has 74 heavy (non-hydrogen) atoms. The zero-order valence-corrected chi connectivity index (χ0v) is 43.8. The van der Waals surface area contributed by atoms with Gasteiger partial charge in [-0.25, -0.2) is 19.6 Å². The highest BCUT2D eigenvalue weighted by Crippen LogP contribution is 2.48. The monoisotopic (exact) mass is 1000 g/mol. The van der Waals surface area contributed by atoms with Gasteiger partial charge >= 0.3 is 12.2 Å². The lowest BCUT2D eigenvalue weighted by atomic mass is 9.84. The third kappa shape index (κ3) is 9.42. The van der Waals surface area contributed by atoms with Gasteiger partial charge in [-0.15, -0.1) is 0 Å². The van der Waals surface area contributed by atoms with E-state index < -0.39 is 24.3 Å². The first kappa shape index (κ1) is 49.5. The largest absolute Gasteiger partial charge is 0.453 e. The lowest BCUT2D eigenvalue weighted by molar-refractivity contribution is -0.139. The smallest absolute Gasteiger partial charge is 0.407 e. The average Bonchev–Trinajstić information content (AvgIpc) is 4.21. The number of methoxy groups -OCH3 is 2. The second-order valence-corrected chi connectivity index (χ2v) is 22.6. The topological polar surface area (TPSA) is 175 Å². The molecule has 4 fully saturated rings. The van der Waals surface area contributed by atoms with E-state index in [4.69, 9.17) is 19.4 Å². The predicted octanol–water partition coefficient (Wildman–Crippen LogP) is 11.1. The summed E-state index contributed by atoms with van der Waals surface area (Å²) in [6.45, 7) is 7.85. The highest BCUT2D eigenvalue weighted by molar-refractivity contribution is 5.89. The zero-order valence-electron chi connectivity index (χ0n) is 43.8. The molecule has 0 spiro atoms. The number of H-pyrrole nitrogens is 2. The number of likely N-dealkylation sites (tertiary alicyclic amines) is 2. The Bertz CT molecular complexity index is 2900. The Hall–Kier alpha value is -6.70. The summed E-state index contributed by atoms with van der Waals surface area (Å²) in [6, 6.07) is 25.5. The van der Waals surface area contributed by atoms with Crippen LogP contribution >= 0.6 is 0 Å². The molecule has 2 unspecified atom stereocenters. The van der Waals surface area contributed by atoms with Crippen molar-refractivity contribution in [2.45, 2.75) is 154 Å². The summed E-state index contributed by atoms with van der Waals surface area (Å²) < 4.78 is 9.87. The number of ether oxygens (including phenoxy) is 2. The predicted molar refractivity (Wildman–Crippen MR) is 286 cm³/mol. The molecule has 2 aliphatic heterocycles. The maximum Gasteiger partial charge on any atom is 0.407 e. The molecule has 4 amide bonds. The Labute approximate surface area is 434 Å². The molecular formula is C60H72N8O6. The molecule has 0 radical (unpaired) electrons. The molecule has 2 aromatic heterocycles. The van der Waals surface area contributed by atoms with Crippen LogP contribution in [0.15, 0.2) is 72.8 Å². The Morgan fingerprint density at radius 3 is 1.38 bits per heavy atom. The molecule has 4 bridgehead atoms. The van der Waals surface area contributed by atoms with E-state index >= 15 is 0 Å². The van der Waals surface area contributed by atoms with Gasteiger partial charge < -0.3 is 39.9 Å². The van der Waals surface area contributed by atoms with E-state index in [1.807, 2.05) is 27.7 Å². The Kier molecular flexibility index (Phi) is 13.7. The molecule has 14 rings (SSSR count). The number of aryl methyl sites for hydroxylation is 4. The van der Waals surface area contributed by atoms with Crippen LogP contribution in [0.2, 0.25) is 0 Å². The molecule has 388 valence electrons. The SMILES string of the molecule is COC(=O)NC(C(=O)N1[C@@H](c2nc3ccc(-c4cc5ccc4CCc4ccc(c(-c6ccc7nc([C@H]8C[C@H]9CCCC[C@H]9N8C(=O)C(NC(=O)OC)C(C)C)[nH]c7c6)c4)CC5)cc3[nH]2)C[C@H]2CCCC[C@H]21)C(C)C. The van der Waals surface area contributed by atoms with E-state index in [0.717, 1.165) is 135 Å². The number of aromatic amines is 2. The number of hydrogen-bond acceptors (Lipinski definition) is 8. The van der Waals surface area contributed by atoms with Crippen LogP contribution in [-0.4, -0.2) is 92.1 Å². The van der Waals surface area contributed by atoms with E-state index in [-0.39, 0.29) is 47.8 Å². The Morgan fingerprint density at radius 1 is 0.554 bits per heavy atom. The zero-order chi connectivity index (χ0) is 51.4. The first-order valence-electron chi connectivity index (χ1n) is 27.4. The number of rotatable bonds is 10. The summed E-state index contributed by atoms with van der Waals surface area (Å²) in [6.07, 6.45) is 12.6. The molecule has 14 heteroatoms. The van der Waals surface area contributed by atoms with Crippen LogP contribution in [0.25, 0.3) is 44.3 Å². The van der Waals surface area contributed by atoms with Gasteiger partial charge in [0.2, 0.25) is 11.8 Å². The molecular weight excluding hydrogens is 929 g/mol. The Morgan fingerprint density at radius 2 is 0.973 bits per heavy atom. The fraction of sp³-hybridized carbons (Fsp3) is 0.500. The van der Waals surface area contributed by atoms with Crippen molar-refractivity contribution in [3.63, 3.8) is 0 Å². The van der Waals surface area contributed by atoms with Gasteiger partial charge in [0.1, 0.15) is 23.7 Å². The number of carbonyl (C=O) groups excluding carboxylic acids is 4. The van der Waals surface area contributed by atoms with E-state index in [0.29, 0.717) is 11.8 Å². The van der Waals surface area contributed by atoms with Crippen LogP contribution in [-0.2, 0) is 44.7 Å². The molecule has 8 aliphatic rings. The summed E-state index contributed by atoms with van der Waals surface area (Å²) in [5.74, 6) is 2.04. The van der Waals surface area contributed by atoms with Gasteiger partial charge in [0.15, 0.2) is 0 Å². The minimum atomic E-state index is -0.694. The summed E-state index contributed by atoms with van der Waals surface area (Å²) in [5.41, 5.74) is 13.5. The van der Waals surface area contributed by atoms with Gasteiger partial charge in [0.05, 0.1) is 48.4 Å². The van der Waals surface area contributed by atoms with Gasteiger partial charge in [-0.3, -0.25) is 9.59 Å². The first-order valence-corrected chi connectivity index (χ1v) is 27.4. The number of imidazole rings is 2. The molecule has 2 saturated carbocycles. The van der Waals surface area contributed by atoms with Crippen molar-refractivity contribution in [2.24, 2.45) is 23.7 Å². The van der Waals surface area contributed by atoms with E-state index in [9.17, 15) is 19.2 Å². The van der Waals surface area contributed by atoms with Crippen LogP contribution < -0.4 is 10.6 Å². The number of nitrogens with zero attached hydrogens (tertiary/aromatic N) is 4. The fourth-order valence-electron chi connectivity index (χ4n) is 13.6. The summed E-state index contributed by atoms with van der Waals surface area (Å²) >= 11 is 0. The van der Waals surface area contributed by atoms with Gasteiger partial charge in [0, 0.05) is 12.1 Å². The normalized spacial score (nSPS) is 23.4. The molecule has 4 N–H and O–H groups in total. The number of aromatic nitrogens is 4. The van der Waals surface area contributed by atoms with Gasteiger partial charge in [-0.2, -0.15) is 0 Å². The van der Waals surface area contributed by atoms with Crippen molar-refractivity contribution < 1.29 is 28.7 Å². The number of carbonyl (C=O) groups is 4. The van der Waals surface area contributed by atoms with Crippen molar-refractivity contribution in [3.05, 3.63) is 107 Å². The number of fused-ring (bicyclic) bond motifs is 4. The minimum Gasteiger partial charge on any atom is -0.453 e. The van der Waals surface area contributed by atoms with Gasteiger partial charge in [-0.05, 0) is 157 Å². The first-order chi connectivity index (χ1) is 35.8. The van der Waals surface area contributed by atoms with Crippen LogP contribution in [0.1, 0.15) is 138 Å². The third-order valence-corrected chi connectivity index (χ3v) is 17.4. The quantitative estimate of drug-likeness (QED) is 0.105. The summed E-state index contributed by atoms with van der Waals surface area (Å²) in [4.78, 5) is 75.7. The minimum absolute atomic E-state index is 0.0671. The van der Waals surface area contributed by atoms with E-state index in [1.54, 1.807) is 0 Å². The number of amides is 4. The number of nitrogens with one attached hydrogen (secondary N) is 4. The third-order valence-electron chi connectivity index (χ3n) is 17.4.